The molecule has 1 amide bonds. The fourth-order valence-electron chi connectivity index (χ4n) is 4.05. The molecular formula is C22H26F2N6O2. The highest BCUT2D eigenvalue weighted by atomic mass is 19.1. The van der Waals surface area contributed by atoms with Crippen molar-refractivity contribution >= 4 is 17.9 Å². The summed E-state index contributed by atoms with van der Waals surface area (Å²) in [5.74, 6) is -1.15. The minimum Gasteiger partial charge on any atom is -0.465 e. The van der Waals surface area contributed by atoms with E-state index in [1.807, 2.05) is 25.7 Å². The first kappa shape index (κ1) is 23.2. The molecule has 0 unspecified atom stereocenters. The van der Waals surface area contributed by atoms with Crippen LogP contribution in [0.1, 0.15) is 39.2 Å². The number of nitriles is 1. The smallest absolute Gasteiger partial charge is 0.408 e. The normalized spacial score (nSPS) is 16.4. The van der Waals surface area contributed by atoms with Crippen LogP contribution in [-0.4, -0.2) is 57.8 Å². The van der Waals surface area contributed by atoms with E-state index < -0.39 is 28.8 Å². The lowest BCUT2D eigenvalue weighted by atomic mass is 9.97. The second kappa shape index (κ2) is 8.94. The Morgan fingerprint density at radius 3 is 2.47 bits per heavy atom. The summed E-state index contributed by atoms with van der Waals surface area (Å²) in [5, 5.41) is 21.5. The molecule has 0 saturated carbocycles. The molecule has 0 bridgehead atoms. The predicted molar refractivity (Wildman–Crippen MR) is 116 cm³/mol. The summed E-state index contributed by atoms with van der Waals surface area (Å²) in [5.41, 5.74) is -0.750. The number of halogens is 2. The van der Waals surface area contributed by atoms with Crippen LogP contribution < -0.4 is 10.2 Å². The number of carbonyl (C=O) groups is 1. The van der Waals surface area contributed by atoms with Crippen molar-refractivity contribution in [2.75, 3.05) is 30.4 Å². The Hall–Kier alpha value is -3.48. The molecule has 0 spiro atoms. The maximum atomic E-state index is 14.2. The minimum atomic E-state index is -0.979. The molecule has 1 aromatic carbocycles. The third kappa shape index (κ3) is 4.72. The average molecular weight is 444 g/mol. The zero-order valence-electron chi connectivity index (χ0n) is 18.5. The van der Waals surface area contributed by atoms with E-state index in [1.54, 1.807) is 13.1 Å². The van der Waals surface area contributed by atoms with Crippen molar-refractivity contribution in [3.8, 4) is 17.3 Å². The number of benzene rings is 1. The van der Waals surface area contributed by atoms with E-state index in [1.165, 1.54) is 11.0 Å². The number of piperidine rings is 1. The highest BCUT2D eigenvalue weighted by Crippen LogP contribution is 2.30. The monoisotopic (exact) mass is 444 g/mol. The first-order valence-electron chi connectivity index (χ1n) is 10.3. The van der Waals surface area contributed by atoms with Crippen molar-refractivity contribution < 1.29 is 18.7 Å². The third-order valence-corrected chi connectivity index (χ3v) is 5.40. The summed E-state index contributed by atoms with van der Waals surface area (Å²) >= 11 is 0. The molecule has 1 aliphatic heterocycles. The van der Waals surface area contributed by atoms with Gasteiger partial charge in [-0.05, 0) is 45.7 Å². The van der Waals surface area contributed by atoms with Gasteiger partial charge in [-0.1, -0.05) is 0 Å². The SMILES string of the molecule is CNc1nc(-c2cc(F)c(C#N)c(F)c2)cc(N2CCC[C@@H](N(C(=O)O)C(C)(C)C)C2)n1. The molecule has 2 aromatic rings. The van der Waals surface area contributed by atoms with E-state index in [2.05, 4.69) is 15.3 Å². The highest BCUT2D eigenvalue weighted by molar-refractivity contribution is 5.68. The summed E-state index contributed by atoms with van der Waals surface area (Å²) < 4.78 is 28.3. The van der Waals surface area contributed by atoms with Crippen LogP contribution in [0.25, 0.3) is 11.3 Å². The van der Waals surface area contributed by atoms with E-state index in [9.17, 15) is 18.7 Å². The van der Waals surface area contributed by atoms with Crippen molar-refractivity contribution in [2.24, 2.45) is 0 Å². The molecule has 170 valence electrons. The van der Waals surface area contributed by atoms with Gasteiger partial charge in [0.05, 0.1) is 11.7 Å². The summed E-state index contributed by atoms with van der Waals surface area (Å²) in [6.45, 7) is 6.66. The van der Waals surface area contributed by atoms with Crippen LogP contribution in [0.3, 0.4) is 0 Å². The number of nitrogens with one attached hydrogen (secondary N) is 1. The number of hydrogen-bond acceptors (Lipinski definition) is 6. The van der Waals surface area contributed by atoms with Gasteiger partial charge in [-0.2, -0.15) is 10.2 Å². The van der Waals surface area contributed by atoms with Crippen LogP contribution >= 0.6 is 0 Å². The molecule has 10 heteroatoms. The molecule has 1 aromatic heterocycles. The lowest BCUT2D eigenvalue weighted by Gasteiger charge is -2.44. The molecule has 2 heterocycles. The molecule has 32 heavy (non-hydrogen) atoms. The van der Waals surface area contributed by atoms with E-state index in [0.29, 0.717) is 18.9 Å². The Balaban J connectivity index is 1.99. The molecule has 2 N–H and O–H groups in total. The van der Waals surface area contributed by atoms with Crippen LogP contribution in [0, 0.1) is 23.0 Å². The lowest BCUT2D eigenvalue weighted by molar-refractivity contribution is 0.0647. The van der Waals surface area contributed by atoms with Gasteiger partial charge in [0, 0.05) is 37.3 Å². The van der Waals surface area contributed by atoms with Crippen molar-refractivity contribution in [2.45, 2.75) is 45.2 Å². The van der Waals surface area contributed by atoms with Crippen molar-refractivity contribution in [1.82, 2.24) is 14.9 Å². The number of carboxylic acid groups (broad SMARTS) is 1. The van der Waals surface area contributed by atoms with Crippen LogP contribution in [0.4, 0.5) is 25.3 Å². The second-order valence-electron chi connectivity index (χ2n) is 8.68. The molecule has 1 atom stereocenters. The highest BCUT2D eigenvalue weighted by Gasteiger charge is 2.36. The first-order chi connectivity index (χ1) is 15.0. The summed E-state index contributed by atoms with van der Waals surface area (Å²) in [6, 6.07) is 5.03. The van der Waals surface area contributed by atoms with Gasteiger partial charge in [-0.3, -0.25) is 4.90 Å². The molecule has 8 nitrogen and oxygen atoms in total. The molecular weight excluding hydrogens is 418 g/mol. The minimum absolute atomic E-state index is 0.176. The number of rotatable bonds is 4. The molecule has 0 radical (unpaired) electrons. The molecule has 1 saturated heterocycles. The quantitative estimate of drug-likeness (QED) is 0.732. The standard InChI is InChI=1S/C22H26F2N6O2/c1-22(2,3)30(21(31)32)14-6-5-7-29(12-14)19-10-18(27-20(26-4)28-19)13-8-16(23)15(11-25)17(24)9-13/h8-10,14H,5-7,12H2,1-4H3,(H,31,32)(H,26,27,28)/t14-/m1/s1. The third-order valence-electron chi connectivity index (χ3n) is 5.40. The summed E-state index contributed by atoms with van der Waals surface area (Å²) in [6.07, 6.45) is 0.508. The van der Waals surface area contributed by atoms with E-state index in [0.717, 1.165) is 25.0 Å². The maximum Gasteiger partial charge on any atom is 0.408 e. The number of nitrogens with zero attached hydrogens (tertiary/aromatic N) is 5. The lowest BCUT2D eigenvalue weighted by Crippen LogP contribution is -2.57. The van der Waals surface area contributed by atoms with Gasteiger partial charge in [0.1, 0.15) is 29.1 Å². The Morgan fingerprint density at radius 1 is 1.28 bits per heavy atom. The Morgan fingerprint density at radius 2 is 1.94 bits per heavy atom. The Bertz CT molecular complexity index is 1040. The molecule has 0 aliphatic carbocycles. The number of hydrogen-bond donors (Lipinski definition) is 2. The van der Waals surface area contributed by atoms with Gasteiger partial charge in [-0.25, -0.2) is 18.6 Å². The van der Waals surface area contributed by atoms with E-state index >= 15 is 0 Å². The summed E-state index contributed by atoms with van der Waals surface area (Å²) in [4.78, 5) is 24.1. The van der Waals surface area contributed by atoms with Crippen LogP contribution in [0.5, 0.6) is 0 Å². The largest absolute Gasteiger partial charge is 0.465 e. The van der Waals surface area contributed by atoms with Gasteiger partial charge in [0.25, 0.3) is 0 Å². The average Bonchev–Trinajstić information content (AvgIpc) is 2.72. The fourth-order valence-corrected chi connectivity index (χ4v) is 4.05. The van der Waals surface area contributed by atoms with E-state index in [-0.39, 0.29) is 23.2 Å². The Labute approximate surface area is 185 Å². The predicted octanol–water partition coefficient (Wildman–Crippen LogP) is 4.08. The number of amides is 1. The zero-order chi connectivity index (χ0) is 23.6. The summed E-state index contributed by atoms with van der Waals surface area (Å²) in [7, 11) is 1.63. The van der Waals surface area contributed by atoms with E-state index in [4.69, 9.17) is 5.26 Å². The van der Waals surface area contributed by atoms with Crippen LogP contribution in [-0.2, 0) is 0 Å². The topological polar surface area (TPSA) is 105 Å². The van der Waals surface area contributed by atoms with Crippen molar-refractivity contribution in [3.63, 3.8) is 0 Å². The molecule has 1 aliphatic rings. The zero-order valence-corrected chi connectivity index (χ0v) is 18.5. The van der Waals surface area contributed by atoms with Gasteiger partial charge in [0.15, 0.2) is 0 Å². The van der Waals surface area contributed by atoms with Crippen molar-refractivity contribution in [3.05, 3.63) is 35.4 Å². The van der Waals surface area contributed by atoms with Crippen LogP contribution in [0.15, 0.2) is 18.2 Å². The van der Waals surface area contributed by atoms with Gasteiger partial charge in [-0.15, -0.1) is 0 Å². The second-order valence-corrected chi connectivity index (χ2v) is 8.68. The fraction of sp³-hybridized carbons (Fsp3) is 0.455. The van der Waals surface area contributed by atoms with Gasteiger partial charge < -0.3 is 15.3 Å². The maximum absolute atomic E-state index is 14.2. The first-order valence-corrected chi connectivity index (χ1v) is 10.3. The molecule has 3 rings (SSSR count). The van der Waals surface area contributed by atoms with Crippen molar-refractivity contribution in [1.29, 1.82) is 5.26 Å². The van der Waals surface area contributed by atoms with Gasteiger partial charge >= 0.3 is 6.09 Å². The Kier molecular flexibility index (Phi) is 6.48. The number of anilines is 2. The van der Waals surface area contributed by atoms with Gasteiger partial charge in [0.2, 0.25) is 5.95 Å². The van der Waals surface area contributed by atoms with Crippen LogP contribution in [0.2, 0.25) is 0 Å². The molecule has 1 fully saturated rings. The number of aromatic nitrogens is 2.